The third-order valence-electron chi connectivity index (χ3n) is 4.12. The molecule has 0 aromatic carbocycles. The molecule has 0 aliphatic heterocycles. The number of furan rings is 1. The monoisotopic (exact) mass is 405 g/mol. The van der Waals surface area contributed by atoms with E-state index in [2.05, 4.69) is 26.1 Å². The molecule has 0 saturated heterocycles. The number of hydrogen-bond acceptors (Lipinski definition) is 4. The van der Waals surface area contributed by atoms with Crippen LogP contribution in [-0.4, -0.2) is 43.5 Å². The van der Waals surface area contributed by atoms with Gasteiger partial charge in [-0.2, -0.15) is 10.2 Å². The van der Waals surface area contributed by atoms with E-state index in [1.807, 2.05) is 25.3 Å². The van der Waals surface area contributed by atoms with Crippen molar-refractivity contribution in [2.24, 2.45) is 0 Å². The van der Waals surface area contributed by atoms with Crippen molar-refractivity contribution in [2.75, 3.05) is 7.05 Å². The molecule has 0 saturated carbocycles. The Kier molecular flexibility index (Phi) is 5.37. The summed E-state index contributed by atoms with van der Waals surface area (Å²) >= 11 is 3.36. The smallest absolute Gasteiger partial charge is 0.274 e. The van der Waals surface area contributed by atoms with E-state index in [0.717, 1.165) is 23.1 Å². The summed E-state index contributed by atoms with van der Waals surface area (Å²) in [5.41, 5.74) is 0.429. The Morgan fingerprint density at radius 1 is 1.40 bits per heavy atom. The van der Waals surface area contributed by atoms with Gasteiger partial charge in [-0.1, -0.05) is 0 Å². The summed E-state index contributed by atoms with van der Waals surface area (Å²) in [5, 5.41) is 8.54. The molecule has 1 atom stereocenters. The van der Waals surface area contributed by atoms with Crippen LogP contribution in [0.3, 0.4) is 0 Å². The van der Waals surface area contributed by atoms with Gasteiger partial charge in [0.15, 0.2) is 0 Å². The average molecular weight is 406 g/mol. The molecule has 1 unspecified atom stereocenters. The van der Waals surface area contributed by atoms with Crippen LogP contribution < -0.4 is 0 Å². The Morgan fingerprint density at radius 2 is 2.24 bits per heavy atom. The number of hydrogen-bond donors (Lipinski definition) is 0. The van der Waals surface area contributed by atoms with Gasteiger partial charge in [-0.25, -0.2) is 4.68 Å². The number of aromatic nitrogens is 4. The fourth-order valence-electron chi connectivity index (χ4n) is 2.50. The molecule has 3 aromatic heterocycles. The molecule has 25 heavy (non-hydrogen) atoms. The molecule has 132 valence electrons. The molecule has 3 aromatic rings. The molecule has 7 nitrogen and oxygen atoms in total. The van der Waals surface area contributed by atoms with E-state index in [0.29, 0.717) is 12.4 Å². The summed E-state index contributed by atoms with van der Waals surface area (Å²) in [6, 6.07) is 5.64. The molecule has 0 N–H and O–H groups in total. The maximum Gasteiger partial charge on any atom is 0.274 e. The van der Waals surface area contributed by atoms with Crippen molar-refractivity contribution in [1.82, 2.24) is 24.5 Å². The normalized spacial score (nSPS) is 12.3. The van der Waals surface area contributed by atoms with Crippen LogP contribution in [0.2, 0.25) is 0 Å². The third kappa shape index (κ3) is 4.39. The summed E-state index contributed by atoms with van der Waals surface area (Å²) in [7, 11) is 1.80. The van der Waals surface area contributed by atoms with Crippen molar-refractivity contribution in [3.05, 3.63) is 59.0 Å². The van der Waals surface area contributed by atoms with Crippen molar-refractivity contribution in [3.63, 3.8) is 0 Å². The molecule has 3 heterocycles. The van der Waals surface area contributed by atoms with Crippen LogP contribution in [0, 0.1) is 0 Å². The summed E-state index contributed by atoms with van der Waals surface area (Å²) < 4.78 is 9.67. The van der Waals surface area contributed by atoms with Crippen LogP contribution in [0.1, 0.15) is 29.6 Å². The summed E-state index contributed by atoms with van der Waals surface area (Å²) in [6.45, 7) is 2.48. The van der Waals surface area contributed by atoms with E-state index in [1.165, 1.54) is 0 Å². The minimum absolute atomic E-state index is 0.0878. The van der Waals surface area contributed by atoms with Gasteiger partial charge < -0.3 is 9.32 Å². The molecule has 0 spiro atoms. The number of carbonyl (C=O) groups is 1. The third-order valence-corrected chi connectivity index (χ3v) is 4.53. The van der Waals surface area contributed by atoms with Gasteiger partial charge in [0.2, 0.25) is 0 Å². The molecule has 0 fully saturated rings. The largest absolute Gasteiger partial charge is 0.469 e. The molecular formula is C17H20BrN5O2. The predicted octanol–water partition coefficient (Wildman–Crippen LogP) is 3.03. The molecule has 8 heteroatoms. The summed E-state index contributed by atoms with van der Waals surface area (Å²) in [6.07, 6.45) is 8.64. The van der Waals surface area contributed by atoms with Crippen molar-refractivity contribution in [1.29, 1.82) is 0 Å². The van der Waals surface area contributed by atoms with Gasteiger partial charge in [-0.15, -0.1) is 0 Å². The maximum atomic E-state index is 12.6. The fourth-order valence-corrected chi connectivity index (χ4v) is 2.83. The Balaban J connectivity index is 1.58. The van der Waals surface area contributed by atoms with Crippen molar-refractivity contribution in [3.8, 4) is 0 Å². The second-order valence-corrected chi connectivity index (χ2v) is 6.88. The van der Waals surface area contributed by atoms with Gasteiger partial charge in [0.1, 0.15) is 18.1 Å². The van der Waals surface area contributed by atoms with Crippen molar-refractivity contribution in [2.45, 2.75) is 32.5 Å². The molecule has 0 radical (unpaired) electrons. The zero-order valence-corrected chi connectivity index (χ0v) is 15.8. The summed E-state index contributed by atoms with van der Waals surface area (Å²) in [5.74, 6) is 0.842. The maximum absolute atomic E-state index is 12.6. The highest BCUT2D eigenvalue weighted by Gasteiger charge is 2.20. The van der Waals surface area contributed by atoms with E-state index in [4.69, 9.17) is 4.42 Å². The SMILES string of the molecule is CC(CCc1ccco1)N(C)C(=O)c1ccn(Cn2cc(Br)cn2)n1. The minimum atomic E-state index is -0.0904. The van der Waals surface area contributed by atoms with E-state index >= 15 is 0 Å². The highest BCUT2D eigenvalue weighted by molar-refractivity contribution is 9.10. The van der Waals surface area contributed by atoms with E-state index in [9.17, 15) is 4.79 Å². The van der Waals surface area contributed by atoms with E-state index in [1.54, 1.807) is 46.0 Å². The zero-order valence-electron chi connectivity index (χ0n) is 14.2. The van der Waals surface area contributed by atoms with Crippen LogP contribution in [0.15, 0.2) is 51.9 Å². The second-order valence-electron chi connectivity index (χ2n) is 5.96. The number of halogens is 1. The fraction of sp³-hybridized carbons (Fsp3) is 0.353. The van der Waals surface area contributed by atoms with Gasteiger partial charge in [-0.05, 0) is 47.5 Å². The lowest BCUT2D eigenvalue weighted by Crippen LogP contribution is -2.35. The van der Waals surface area contributed by atoms with Crippen LogP contribution >= 0.6 is 15.9 Å². The van der Waals surface area contributed by atoms with Gasteiger partial charge in [-0.3, -0.25) is 9.48 Å². The zero-order chi connectivity index (χ0) is 17.8. The first-order valence-electron chi connectivity index (χ1n) is 8.04. The van der Waals surface area contributed by atoms with Gasteiger partial charge in [0.05, 0.1) is 16.9 Å². The number of amides is 1. The molecule has 3 rings (SSSR count). The average Bonchev–Trinajstić information content (AvgIpc) is 3.34. The molecule has 0 bridgehead atoms. The molecule has 1 amide bonds. The molecular weight excluding hydrogens is 386 g/mol. The van der Waals surface area contributed by atoms with Crippen LogP contribution in [0.25, 0.3) is 0 Å². The second kappa shape index (κ2) is 7.69. The Hall–Kier alpha value is -2.35. The van der Waals surface area contributed by atoms with E-state index in [-0.39, 0.29) is 11.9 Å². The van der Waals surface area contributed by atoms with Gasteiger partial charge in [0, 0.05) is 31.9 Å². The van der Waals surface area contributed by atoms with Crippen molar-refractivity contribution >= 4 is 21.8 Å². The highest BCUT2D eigenvalue weighted by atomic mass is 79.9. The van der Waals surface area contributed by atoms with E-state index < -0.39 is 0 Å². The number of carbonyl (C=O) groups excluding carboxylic acids is 1. The van der Waals surface area contributed by atoms with Crippen LogP contribution in [0.4, 0.5) is 0 Å². The van der Waals surface area contributed by atoms with Gasteiger partial charge >= 0.3 is 0 Å². The molecule has 0 aliphatic rings. The number of nitrogens with zero attached hydrogens (tertiary/aromatic N) is 5. The number of aryl methyl sites for hydroxylation is 1. The lowest BCUT2D eigenvalue weighted by Gasteiger charge is -2.23. The molecule has 0 aliphatic carbocycles. The first-order valence-corrected chi connectivity index (χ1v) is 8.83. The lowest BCUT2D eigenvalue weighted by atomic mass is 10.1. The van der Waals surface area contributed by atoms with Crippen LogP contribution in [0.5, 0.6) is 0 Å². The first-order chi connectivity index (χ1) is 12.0. The first kappa shape index (κ1) is 17.5. The predicted molar refractivity (Wildman–Crippen MR) is 96.1 cm³/mol. The van der Waals surface area contributed by atoms with Crippen molar-refractivity contribution < 1.29 is 9.21 Å². The summed E-state index contributed by atoms with van der Waals surface area (Å²) in [4.78, 5) is 14.3. The van der Waals surface area contributed by atoms with Crippen LogP contribution in [-0.2, 0) is 13.1 Å². The highest BCUT2D eigenvalue weighted by Crippen LogP contribution is 2.12. The topological polar surface area (TPSA) is 69.1 Å². The van der Waals surface area contributed by atoms with Gasteiger partial charge in [0.25, 0.3) is 5.91 Å². The Labute approximate surface area is 154 Å². The Morgan fingerprint density at radius 3 is 2.92 bits per heavy atom. The standard InChI is InChI=1S/C17H20BrN5O2/c1-13(5-6-15-4-3-9-25-15)21(2)17(24)16-7-8-22(20-16)12-23-11-14(18)10-19-23/h3-4,7-11,13H,5-6,12H2,1-2H3. The lowest BCUT2D eigenvalue weighted by molar-refractivity contribution is 0.0729. The Bertz CT molecular complexity index is 824. The number of rotatable bonds is 7. The minimum Gasteiger partial charge on any atom is -0.469 e. The quantitative estimate of drug-likeness (QED) is 0.605.